The fourth-order valence-electron chi connectivity index (χ4n) is 2.93. The van der Waals surface area contributed by atoms with Gasteiger partial charge < -0.3 is 5.32 Å². The summed E-state index contributed by atoms with van der Waals surface area (Å²) >= 11 is 7.36. The first kappa shape index (κ1) is 20.4. The standard InChI is InChI=1S/C21H22ClN3O2S/c1-12-5-8-16(14(3)9-12)23-19(26)11-18-20(27)25(4)21(28-18)24-17-10-15(22)7-6-13(17)2/h5-10,18H,11H2,1-4H3,(H,23,26)/t18-/m0/s1. The first-order valence-electron chi connectivity index (χ1n) is 8.91. The highest BCUT2D eigenvalue weighted by molar-refractivity contribution is 8.15. The molecule has 5 nitrogen and oxygen atoms in total. The normalized spacial score (nSPS) is 18.0. The number of benzene rings is 2. The molecule has 0 bridgehead atoms. The van der Waals surface area contributed by atoms with Crippen LogP contribution in [0.3, 0.4) is 0 Å². The first-order chi connectivity index (χ1) is 13.2. The van der Waals surface area contributed by atoms with Crippen LogP contribution in [0.25, 0.3) is 0 Å². The minimum Gasteiger partial charge on any atom is -0.326 e. The summed E-state index contributed by atoms with van der Waals surface area (Å²) in [6.07, 6.45) is 0.0920. The number of carbonyl (C=O) groups excluding carboxylic acids is 2. The molecule has 0 unspecified atom stereocenters. The van der Waals surface area contributed by atoms with E-state index in [-0.39, 0.29) is 18.2 Å². The van der Waals surface area contributed by atoms with Gasteiger partial charge in [0.1, 0.15) is 5.25 Å². The zero-order valence-corrected chi connectivity index (χ0v) is 17.8. The van der Waals surface area contributed by atoms with Gasteiger partial charge in [0.25, 0.3) is 0 Å². The highest BCUT2D eigenvalue weighted by Gasteiger charge is 2.37. The van der Waals surface area contributed by atoms with Gasteiger partial charge in [0.05, 0.1) is 5.69 Å². The third kappa shape index (κ3) is 4.56. The van der Waals surface area contributed by atoms with Crippen molar-refractivity contribution < 1.29 is 9.59 Å². The molecule has 2 amide bonds. The number of halogens is 1. The minimum absolute atomic E-state index is 0.0920. The fraction of sp³-hybridized carbons (Fsp3) is 0.286. The van der Waals surface area contributed by atoms with Crippen molar-refractivity contribution in [3.05, 3.63) is 58.1 Å². The van der Waals surface area contributed by atoms with E-state index in [1.54, 1.807) is 19.2 Å². The lowest BCUT2D eigenvalue weighted by Crippen LogP contribution is -2.30. The van der Waals surface area contributed by atoms with Crippen molar-refractivity contribution in [1.82, 2.24) is 4.90 Å². The van der Waals surface area contributed by atoms with Crippen molar-refractivity contribution in [3.8, 4) is 0 Å². The second-order valence-corrected chi connectivity index (χ2v) is 8.51. The van der Waals surface area contributed by atoms with E-state index in [1.165, 1.54) is 16.7 Å². The summed E-state index contributed by atoms with van der Waals surface area (Å²) in [6.45, 7) is 5.89. The molecule has 3 rings (SSSR count). The molecule has 0 spiro atoms. The van der Waals surface area contributed by atoms with Crippen molar-refractivity contribution in [2.75, 3.05) is 12.4 Å². The summed E-state index contributed by atoms with van der Waals surface area (Å²) in [7, 11) is 1.68. The van der Waals surface area contributed by atoms with Crippen molar-refractivity contribution in [2.45, 2.75) is 32.4 Å². The van der Waals surface area contributed by atoms with Gasteiger partial charge in [-0.25, -0.2) is 4.99 Å². The Morgan fingerprint density at radius 3 is 2.64 bits per heavy atom. The number of anilines is 1. The van der Waals surface area contributed by atoms with Crippen LogP contribution in [0.2, 0.25) is 5.02 Å². The van der Waals surface area contributed by atoms with Gasteiger partial charge in [-0.15, -0.1) is 0 Å². The third-order valence-electron chi connectivity index (χ3n) is 4.55. The summed E-state index contributed by atoms with van der Waals surface area (Å²) in [5.41, 5.74) is 4.58. The van der Waals surface area contributed by atoms with Crippen molar-refractivity contribution in [2.24, 2.45) is 4.99 Å². The molecular formula is C21H22ClN3O2S. The number of amides is 2. The highest BCUT2D eigenvalue weighted by Crippen LogP contribution is 2.32. The Morgan fingerprint density at radius 2 is 1.93 bits per heavy atom. The number of nitrogens with one attached hydrogen (secondary N) is 1. The SMILES string of the molecule is Cc1ccc(NC(=O)C[C@@H]2SC(=Nc3cc(Cl)ccc3C)N(C)C2=O)c(C)c1. The maximum Gasteiger partial charge on any atom is 0.242 e. The van der Waals surface area contributed by atoms with E-state index in [2.05, 4.69) is 10.3 Å². The Bertz CT molecular complexity index is 974. The number of hydrogen-bond donors (Lipinski definition) is 1. The predicted molar refractivity (Wildman–Crippen MR) is 117 cm³/mol. The maximum absolute atomic E-state index is 12.6. The second-order valence-electron chi connectivity index (χ2n) is 6.90. The topological polar surface area (TPSA) is 61.8 Å². The summed E-state index contributed by atoms with van der Waals surface area (Å²) in [5.74, 6) is -0.314. The van der Waals surface area contributed by atoms with Gasteiger partial charge in [-0.2, -0.15) is 0 Å². The Morgan fingerprint density at radius 1 is 1.18 bits per heavy atom. The molecule has 1 saturated heterocycles. The lowest BCUT2D eigenvalue weighted by atomic mass is 10.1. The van der Waals surface area contributed by atoms with Gasteiger partial charge in [0.2, 0.25) is 11.8 Å². The van der Waals surface area contributed by atoms with Crippen LogP contribution in [0.15, 0.2) is 41.4 Å². The molecule has 146 valence electrons. The van der Waals surface area contributed by atoms with Gasteiger partial charge in [-0.3, -0.25) is 14.5 Å². The minimum atomic E-state index is -0.492. The predicted octanol–water partition coefficient (Wildman–Crippen LogP) is 4.86. The Balaban J connectivity index is 1.71. The number of rotatable bonds is 4. The van der Waals surface area contributed by atoms with E-state index in [1.807, 2.05) is 45.0 Å². The van der Waals surface area contributed by atoms with E-state index in [4.69, 9.17) is 11.6 Å². The quantitative estimate of drug-likeness (QED) is 0.775. The van der Waals surface area contributed by atoms with Crippen molar-refractivity contribution in [1.29, 1.82) is 0 Å². The molecule has 0 aromatic heterocycles. The van der Waals surface area contributed by atoms with Gasteiger partial charge in [0, 0.05) is 24.2 Å². The molecule has 1 aliphatic heterocycles. The van der Waals surface area contributed by atoms with Gasteiger partial charge in [-0.1, -0.05) is 47.1 Å². The van der Waals surface area contributed by atoms with Gasteiger partial charge >= 0.3 is 0 Å². The van der Waals surface area contributed by atoms with Crippen LogP contribution < -0.4 is 5.32 Å². The molecule has 7 heteroatoms. The molecule has 0 radical (unpaired) electrons. The molecule has 1 N–H and O–H groups in total. The van der Waals surface area contributed by atoms with Crippen LogP contribution >= 0.6 is 23.4 Å². The van der Waals surface area contributed by atoms with Crippen molar-refractivity contribution in [3.63, 3.8) is 0 Å². The van der Waals surface area contributed by atoms with E-state index in [0.29, 0.717) is 10.2 Å². The average molecular weight is 416 g/mol. The third-order valence-corrected chi connectivity index (χ3v) is 6.02. The number of hydrogen-bond acceptors (Lipinski definition) is 4. The number of amidine groups is 1. The Hall–Kier alpha value is -2.31. The highest BCUT2D eigenvalue weighted by atomic mass is 35.5. The molecule has 1 atom stereocenters. The van der Waals surface area contributed by atoms with Crippen LogP contribution in [-0.2, 0) is 9.59 Å². The second kappa shape index (κ2) is 8.37. The number of aryl methyl sites for hydroxylation is 3. The summed E-state index contributed by atoms with van der Waals surface area (Å²) in [6, 6.07) is 11.3. The average Bonchev–Trinajstić information content (AvgIpc) is 2.88. The zero-order chi connectivity index (χ0) is 20.4. The largest absolute Gasteiger partial charge is 0.326 e. The number of aliphatic imine (C=N–C) groups is 1. The van der Waals surface area contributed by atoms with Crippen LogP contribution in [-0.4, -0.2) is 34.2 Å². The van der Waals surface area contributed by atoms with Crippen LogP contribution in [0, 0.1) is 20.8 Å². The molecule has 1 heterocycles. The smallest absolute Gasteiger partial charge is 0.242 e. The lowest BCUT2D eigenvalue weighted by Gasteiger charge is -2.11. The molecule has 2 aromatic carbocycles. The first-order valence-corrected chi connectivity index (χ1v) is 10.2. The lowest BCUT2D eigenvalue weighted by molar-refractivity contribution is -0.127. The Labute approximate surface area is 174 Å². The monoisotopic (exact) mass is 415 g/mol. The van der Waals surface area contributed by atoms with Crippen LogP contribution in [0.5, 0.6) is 0 Å². The molecule has 2 aromatic rings. The summed E-state index contributed by atoms with van der Waals surface area (Å²) < 4.78 is 0. The molecular weight excluding hydrogens is 394 g/mol. The molecule has 28 heavy (non-hydrogen) atoms. The molecule has 0 aliphatic carbocycles. The van der Waals surface area contributed by atoms with E-state index in [0.717, 1.165) is 28.1 Å². The van der Waals surface area contributed by atoms with Gasteiger partial charge in [0.15, 0.2) is 5.17 Å². The van der Waals surface area contributed by atoms with E-state index < -0.39 is 5.25 Å². The van der Waals surface area contributed by atoms with Crippen LogP contribution in [0.1, 0.15) is 23.1 Å². The molecule has 1 fully saturated rings. The maximum atomic E-state index is 12.6. The summed E-state index contributed by atoms with van der Waals surface area (Å²) in [5, 5.41) is 3.57. The molecule has 0 saturated carbocycles. The number of thioether (sulfide) groups is 1. The Kier molecular flexibility index (Phi) is 6.10. The number of carbonyl (C=O) groups is 2. The van der Waals surface area contributed by atoms with Crippen molar-refractivity contribution >= 4 is 51.7 Å². The van der Waals surface area contributed by atoms with Crippen LogP contribution in [0.4, 0.5) is 11.4 Å². The molecule has 1 aliphatic rings. The summed E-state index contributed by atoms with van der Waals surface area (Å²) in [4.78, 5) is 31.1. The number of nitrogens with zero attached hydrogens (tertiary/aromatic N) is 2. The zero-order valence-electron chi connectivity index (χ0n) is 16.2. The van der Waals surface area contributed by atoms with Gasteiger partial charge in [-0.05, 0) is 50.1 Å². The van der Waals surface area contributed by atoms with E-state index in [9.17, 15) is 9.59 Å². The van der Waals surface area contributed by atoms with E-state index >= 15 is 0 Å². The fourth-order valence-corrected chi connectivity index (χ4v) is 4.24.